The molecule has 1 fully saturated rings. The average molecular weight is 483 g/mol. The average Bonchev–Trinajstić information content (AvgIpc) is 3.68. The Kier molecular flexibility index (Phi) is 11.1. The molecule has 1 aliphatic heterocycles. The van der Waals surface area contributed by atoms with E-state index in [-0.39, 0.29) is 12.1 Å². The molecule has 0 bridgehead atoms. The normalized spacial score (nSPS) is 15.3. The highest BCUT2D eigenvalue weighted by atomic mass is 16.6. The fraction of sp³-hybridized carbons (Fsp3) is 0.517. The molecule has 0 radical (unpaired) electrons. The molecule has 0 spiro atoms. The number of carbonyl (C=O) groups excluding carboxylic acids is 2. The molecule has 2 atom stereocenters. The van der Waals surface area contributed by atoms with Gasteiger partial charge in [0.2, 0.25) is 0 Å². The maximum atomic E-state index is 12.4. The Hall–Kier alpha value is -2.86. The van der Waals surface area contributed by atoms with Gasteiger partial charge in [-0.1, -0.05) is 45.4 Å². The van der Waals surface area contributed by atoms with Gasteiger partial charge < -0.3 is 18.9 Å². The Morgan fingerprint density at radius 3 is 2.06 bits per heavy atom. The first-order valence-corrected chi connectivity index (χ1v) is 12.9. The number of benzene rings is 2. The largest absolute Gasteiger partial charge is 0.494 e. The quantitative estimate of drug-likeness (QED) is 0.114. The maximum Gasteiger partial charge on any atom is 0.343 e. The number of ether oxygens (including phenoxy) is 4. The number of hydrogen-bond acceptors (Lipinski definition) is 6. The maximum absolute atomic E-state index is 12.4. The van der Waals surface area contributed by atoms with E-state index in [1.165, 1.54) is 38.5 Å². The van der Waals surface area contributed by atoms with Crippen molar-refractivity contribution in [1.29, 1.82) is 0 Å². The molecule has 2 aromatic carbocycles. The van der Waals surface area contributed by atoms with Crippen LogP contribution in [0.15, 0.2) is 48.5 Å². The standard InChI is InChI=1S/C29H38O6/c1-3-10-22(2)34-28(30)23-14-18-26(19-15-23)35-29(31)24-12-16-25(17-13-24)32-20-9-7-5-4-6-8-11-27-21-33-27/h12-19,22,27H,3-11,20-21H2,1-2H3/t22?,27-/m1/s1. The van der Waals surface area contributed by atoms with E-state index in [9.17, 15) is 9.59 Å². The van der Waals surface area contributed by atoms with Crippen LogP contribution in [-0.2, 0) is 9.47 Å². The van der Waals surface area contributed by atoms with Crippen LogP contribution in [0.5, 0.6) is 11.5 Å². The summed E-state index contributed by atoms with van der Waals surface area (Å²) in [6.45, 7) is 5.56. The minimum absolute atomic E-state index is 0.125. The predicted octanol–water partition coefficient (Wildman–Crippen LogP) is 6.76. The minimum atomic E-state index is -0.461. The van der Waals surface area contributed by atoms with Crippen molar-refractivity contribution in [2.45, 2.75) is 83.8 Å². The first kappa shape index (κ1) is 26.7. The van der Waals surface area contributed by atoms with E-state index in [2.05, 4.69) is 0 Å². The fourth-order valence-electron chi connectivity index (χ4n) is 3.83. The molecule has 0 aliphatic carbocycles. The van der Waals surface area contributed by atoms with Gasteiger partial charge in [0.25, 0.3) is 0 Å². The van der Waals surface area contributed by atoms with Crippen LogP contribution < -0.4 is 9.47 Å². The van der Waals surface area contributed by atoms with Crippen molar-refractivity contribution >= 4 is 11.9 Å². The van der Waals surface area contributed by atoms with Crippen LogP contribution >= 0.6 is 0 Å². The molecule has 1 heterocycles. The number of epoxide rings is 1. The molecule has 0 saturated carbocycles. The van der Waals surface area contributed by atoms with E-state index in [4.69, 9.17) is 18.9 Å². The molecule has 0 N–H and O–H groups in total. The molecular weight excluding hydrogens is 444 g/mol. The summed E-state index contributed by atoms with van der Waals surface area (Å²) < 4.78 is 21.8. The summed E-state index contributed by atoms with van der Waals surface area (Å²) in [5.41, 5.74) is 0.865. The molecule has 1 aliphatic rings. The second-order valence-corrected chi connectivity index (χ2v) is 9.16. The van der Waals surface area contributed by atoms with Crippen LogP contribution in [0.4, 0.5) is 0 Å². The van der Waals surface area contributed by atoms with Crippen molar-refractivity contribution in [2.24, 2.45) is 0 Å². The number of hydrogen-bond donors (Lipinski definition) is 0. The van der Waals surface area contributed by atoms with Gasteiger partial charge in [0.05, 0.1) is 36.5 Å². The van der Waals surface area contributed by atoms with Gasteiger partial charge in [-0.25, -0.2) is 9.59 Å². The van der Waals surface area contributed by atoms with Gasteiger partial charge in [0.1, 0.15) is 11.5 Å². The lowest BCUT2D eigenvalue weighted by atomic mass is 10.1. The second-order valence-electron chi connectivity index (χ2n) is 9.16. The van der Waals surface area contributed by atoms with Crippen molar-refractivity contribution in [2.75, 3.05) is 13.2 Å². The van der Waals surface area contributed by atoms with Crippen LogP contribution in [0.1, 0.15) is 92.4 Å². The highest BCUT2D eigenvalue weighted by Crippen LogP contribution is 2.19. The lowest BCUT2D eigenvalue weighted by molar-refractivity contribution is 0.0323. The van der Waals surface area contributed by atoms with Gasteiger partial charge in [0, 0.05) is 0 Å². The van der Waals surface area contributed by atoms with E-state index in [0.29, 0.717) is 29.6 Å². The van der Waals surface area contributed by atoms with Crippen LogP contribution in [0.2, 0.25) is 0 Å². The monoisotopic (exact) mass is 482 g/mol. The molecule has 0 aromatic heterocycles. The molecule has 1 saturated heterocycles. The highest BCUT2D eigenvalue weighted by molar-refractivity contribution is 5.92. The molecule has 6 nitrogen and oxygen atoms in total. The zero-order valence-electron chi connectivity index (χ0n) is 21.0. The summed E-state index contributed by atoms with van der Waals surface area (Å²) in [6, 6.07) is 13.4. The number of carbonyl (C=O) groups is 2. The molecule has 0 amide bonds. The van der Waals surface area contributed by atoms with Gasteiger partial charge in [-0.05, 0) is 74.7 Å². The molecule has 3 rings (SSSR count). The minimum Gasteiger partial charge on any atom is -0.494 e. The van der Waals surface area contributed by atoms with Crippen LogP contribution in [0, 0.1) is 0 Å². The summed E-state index contributed by atoms with van der Waals surface area (Å²) in [4.78, 5) is 24.6. The Morgan fingerprint density at radius 2 is 1.43 bits per heavy atom. The van der Waals surface area contributed by atoms with E-state index in [1.807, 2.05) is 13.8 Å². The number of esters is 2. The van der Waals surface area contributed by atoms with Gasteiger partial charge in [-0.3, -0.25) is 0 Å². The third-order valence-corrected chi connectivity index (χ3v) is 5.99. The lowest BCUT2D eigenvalue weighted by Gasteiger charge is -2.12. The lowest BCUT2D eigenvalue weighted by Crippen LogP contribution is -2.14. The summed E-state index contributed by atoms with van der Waals surface area (Å²) in [5.74, 6) is 0.274. The van der Waals surface area contributed by atoms with Crippen molar-refractivity contribution in [1.82, 2.24) is 0 Å². The Labute approximate surface area is 208 Å². The molecule has 35 heavy (non-hydrogen) atoms. The van der Waals surface area contributed by atoms with E-state index in [0.717, 1.165) is 31.6 Å². The number of unbranched alkanes of at least 4 members (excludes halogenated alkanes) is 5. The van der Waals surface area contributed by atoms with Crippen molar-refractivity contribution in [3.8, 4) is 11.5 Å². The summed E-state index contributed by atoms with van der Waals surface area (Å²) in [7, 11) is 0. The topological polar surface area (TPSA) is 74.4 Å². The Balaban J connectivity index is 1.32. The highest BCUT2D eigenvalue weighted by Gasteiger charge is 2.20. The first-order chi connectivity index (χ1) is 17.0. The van der Waals surface area contributed by atoms with Crippen LogP contribution in [0.25, 0.3) is 0 Å². The summed E-state index contributed by atoms with van der Waals surface area (Å²) >= 11 is 0. The van der Waals surface area contributed by atoms with E-state index in [1.54, 1.807) is 48.5 Å². The van der Waals surface area contributed by atoms with Gasteiger partial charge in [0.15, 0.2) is 0 Å². The zero-order valence-corrected chi connectivity index (χ0v) is 21.0. The Bertz CT molecular complexity index is 902. The molecule has 6 heteroatoms. The summed E-state index contributed by atoms with van der Waals surface area (Å²) in [5, 5.41) is 0. The van der Waals surface area contributed by atoms with Crippen LogP contribution in [-0.4, -0.2) is 37.4 Å². The zero-order chi connectivity index (χ0) is 24.9. The van der Waals surface area contributed by atoms with Crippen molar-refractivity contribution in [3.05, 3.63) is 59.7 Å². The van der Waals surface area contributed by atoms with Gasteiger partial charge in [-0.2, -0.15) is 0 Å². The molecule has 190 valence electrons. The Morgan fingerprint density at radius 1 is 0.857 bits per heavy atom. The third kappa shape index (κ3) is 10.1. The fourth-order valence-corrected chi connectivity index (χ4v) is 3.83. The van der Waals surface area contributed by atoms with E-state index < -0.39 is 5.97 Å². The third-order valence-electron chi connectivity index (χ3n) is 5.99. The smallest absolute Gasteiger partial charge is 0.343 e. The van der Waals surface area contributed by atoms with Crippen molar-refractivity contribution < 1.29 is 28.5 Å². The predicted molar refractivity (Wildman–Crippen MR) is 135 cm³/mol. The van der Waals surface area contributed by atoms with Crippen molar-refractivity contribution in [3.63, 3.8) is 0 Å². The summed E-state index contributed by atoms with van der Waals surface area (Å²) in [6.07, 6.45) is 10.7. The van der Waals surface area contributed by atoms with Crippen LogP contribution in [0.3, 0.4) is 0 Å². The number of rotatable bonds is 16. The van der Waals surface area contributed by atoms with Gasteiger partial charge in [-0.15, -0.1) is 0 Å². The molecule has 2 aromatic rings. The van der Waals surface area contributed by atoms with Gasteiger partial charge >= 0.3 is 11.9 Å². The first-order valence-electron chi connectivity index (χ1n) is 12.9. The molecular formula is C29H38O6. The van der Waals surface area contributed by atoms with E-state index >= 15 is 0 Å². The SMILES string of the molecule is CCCC(C)OC(=O)c1ccc(OC(=O)c2ccc(OCCCCCCCC[C@@H]3CO3)cc2)cc1. The molecule has 1 unspecified atom stereocenters. The second kappa shape index (κ2) is 14.5.